The molecule has 0 radical (unpaired) electrons. The van der Waals surface area contributed by atoms with Crippen molar-refractivity contribution in [1.29, 1.82) is 0 Å². The molecule has 0 bridgehead atoms. The number of methoxy groups -OCH3 is 1. The number of nitrogens with zero attached hydrogens (tertiary/aromatic N) is 2. The van der Waals surface area contributed by atoms with Crippen LogP contribution in [0.25, 0.3) is 16.9 Å². The standard InChI is InChI=1S/C25H25N3O2/c1-4-20(18-8-6-5-7-9-18)25(29)27-21-15-19(10-11-23(21)30-3)22-16-28-13-12-17(2)14-24(28)26-22/h5-16,20H,4H2,1-3H3,(H,27,29). The fourth-order valence-electron chi connectivity index (χ4n) is 3.67. The highest BCUT2D eigenvalue weighted by atomic mass is 16.5. The number of carbonyl (C=O) groups excluding carboxylic acids is 1. The van der Waals surface area contributed by atoms with Gasteiger partial charge >= 0.3 is 0 Å². The van der Waals surface area contributed by atoms with E-state index in [1.807, 2.05) is 91.3 Å². The Morgan fingerprint density at radius 2 is 1.93 bits per heavy atom. The average molecular weight is 399 g/mol. The van der Waals surface area contributed by atoms with Crippen molar-refractivity contribution in [2.24, 2.45) is 0 Å². The van der Waals surface area contributed by atoms with Crippen molar-refractivity contribution in [1.82, 2.24) is 9.38 Å². The van der Waals surface area contributed by atoms with Crippen molar-refractivity contribution < 1.29 is 9.53 Å². The second kappa shape index (κ2) is 8.41. The number of nitrogens with one attached hydrogen (secondary N) is 1. The van der Waals surface area contributed by atoms with Gasteiger partial charge in [-0.15, -0.1) is 0 Å². The van der Waals surface area contributed by atoms with Crippen LogP contribution in [0.1, 0.15) is 30.4 Å². The van der Waals surface area contributed by atoms with Crippen molar-refractivity contribution in [2.75, 3.05) is 12.4 Å². The molecule has 1 N–H and O–H groups in total. The maximum absolute atomic E-state index is 13.1. The zero-order valence-electron chi connectivity index (χ0n) is 17.4. The van der Waals surface area contributed by atoms with Gasteiger partial charge in [-0.05, 0) is 54.8 Å². The molecule has 5 nitrogen and oxygen atoms in total. The first-order valence-corrected chi connectivity index (χ1v) is 10.1. The van der Waals surface area contributed by atoms with Gasteiger partial charge in [0, 0.05) is 18.0 Å². The minimum Gasteiger partial charge on any atom is -0.495 e. The van der Waals surface area contributed by atoms with E-state index < -0.39 is 0 Å². The number of hydrogen-bond donors (Lipinski definition) is 1. The molecule has 152 valence electrons. The highest BCUT2D eigenvalue weighted by Gasteiger charge is 2.20. The number of fused-ring (bicyclic) bond motifs is 1. The number of aromatic nitrogens is 2. The van der Waals surface area contributed by atoms with E-state index >= 15 is 0 Å². The van der Waals surface area contributed by atoms with Crippen LogP contribution in [0.4, 0.5) is 5.69 Å². The van der Waals surface area contributed by atoms with Gasteiger partial charge < -0.3 is 14.5 Å². The Balaban J connectivity index is 1.66. The molecule has 0 spiro atoms. The zero-order chi connectivity index (χ0) is 21.1. The number of imidazole rings is 1. The summed E-state index contributed by atoms with van der Waals surface area (Å²) in [5.74, 6) is 0.345. The highest BCUT2D eigenvalue weighted by molar-refractivity contribution is 5.97. The molecule has 2 aromatic heterocycles. The molecular formula is C25H25N3O2. The number of ether oxygens (including phenoxy) is 1. The number of aryl methyl sites for hydroxylation is 1. The summed E-state index contributed by atoms with van der Waals surface area (Å²) < 4.78 is 7.48. The van der Waals surface area contributed by atoms with Crippen LogP contribution in [0, 0.1) is 6.92 Å². The van der Waals surface area contributed by atoms with Gasteiger partial charge in [-0.25, -0.2) is 4.98 Å². The monoisotopic (exact) mass is 399 g/mol. The predicted octanol–water partition coefficient (Wildman–Crippen LogP) is 5.45. The molecule has 0 aliphatic heterocycles. The molecule has 1 unspecified atom stereocenters. The van der Waals surface area contributed by atoms with E-state index in [2.05, 4.69) is 5.32 Å². The number of carbonyl (C=O) groups is 1. The molecule has 0 aliphatic rings. The van der Waals surface area contributed by atoms with Crippen LogP contribution in [-0.4, -0.2) is 22.4 Å². The summed E-state index contributed by atoms with van der Waals surface area (Å²) in [5, 5.41) is 3.07. The Kier molecular flexibility index (Phi) is 5.53. The summed E-state index contributed by atoms with van der Waals surface area (Å²) in [6.07, 6.45) is 4.70. The quantitative estimate of drug-likeness (QED) is 0.469. The van der Waals surface area contributed by atoms with Gasteiger partial charge in [0.15, 0.2) is 0 Å². The molecule has 2 aromatic carbocycles. The SMILES string of the molecule is CCC(C(=O)Nc1cc(-c2cn3ccc(C)cc3n2)ccc1OC)c1ccccc1. The Labute approximate surface area is 176 Å². The Hall–Kier alpha value is -3.60. The minimum atomic E-state index is -0.224. The fraction of sp³-hybridized carbons (Fsp3) is 0.200. The first-order chi connectivity index (χ1) is 14.6. The van der Waals surface area contributed by atoms with Gasteiger partial charge in [0.05, 0.1) is 24.4 Å². The molecule has 0 aliphatic carbocycles. The second-order valence-corrected chi connectivity index (χ2v) is 7.37. The lowest BCUT2D eigenvalue weighted by Crippen LogP contribution is -2.21. The van der Waals surface area contributed by atoms with Crippen LogP contribution in [0.3, 0.4) is 0 Å². The number of hydrogen-bond acceptors (Lipinski definition) is 3. The molecule has 4 aromatic rings. The van der Waals surface area contributed by atoms with Gasteiger partial charge in [-0.1, -0.05) is 37.3 Å². The van der Waals surface area contributed by atoms with Crippen LogP contribution in [0.5, 0.6) is 5.75 Å². The number of anilines is 1. The number of amides is 1. The van der Waals surface area contributed by atoms with E-state index in [1.165, 1.54) is 0 Å². The molecule has 5 heteroatoms. The third-order valence-corrected chi connectivity index (χ3v) is 5.30. The molecule has 0 saturated heterocycles. The predicted molar refractivity (Wildman–Crippen MR) is 120 cm³/mol. The lowest BCUT2D eigenvalue weighted by Gasteiger charge is -2.17. The van der Waals surface area contributed by atoms with E-state index in [9.17, 15) is 4.79 Å². The third-order valence-electron chi connectivity index (χ3n) is 5.30. The summed E-state index contributed by atoms with van der Waals surface area (Å²) in [6.45, 7) is 4.07. The minimum absolute atomic E-state index is 0.0511. The Morgan fingerprint density at radius 1 is 1.13 bits per heavy atom. The maximum Gasteiger partial charge on any atom is 0.232 e. The third kappa shape index (κ3) is 3.92. The van der Waals surface area contributed by atoms with E-state index in [1.54, 1.807) is 7.11 Å². The molecule has 4 rings (SSSR count). The van der Waals surface area contributed by atoms with Crippen molar-refractivity contribution >= 4 is 17.2 Å². The topological polar surface area (TPSA) is 55.6 Å². The molecule has 0 saturated carbocycles. The van der Waals surface area contributed by atoms with Gasteiger partial charge in [0.2, 0.25) is 5.91 Å². The van der Waals surface area contributed by atoms with Gasteiger partial charge in [0.25, 0.3) is 0 Å². The van der Waals surface area contributed by atoms with Crippen LogP contribution < -0.4 is 10.1 Å². The van der Waals surface area contributed by atoms with E-state index in [4.69, 9.17) is 9.72 Å². The Morgan fingerprint density at radius 3 is 2.67 bits per heavy atom. The summed E-state index contributed by atoms with van der Waals surface area (Å²) in [6, 6.07) is 19.7. The number of pyridine rings is 1. The van der Waals surface area contributed by atoms with E-state index in [0.29, 0.717) is 17.9 Å². The molecule has 30 heavy (non-hydrogen) atoms. The van der Waals surface area contributed by atoms with Crippen LogP contribution >= 0.6 is 0 Å². The zero-order valence-corrected chi connectivity index (χ0v) is 17.4. The van der Waals surface area contributed by atoms with Crippen LogP contribution in [0.2, 0.25) is 0 Å². The van der Waals surface area contributed by atoms with Crippen molar-refractivity contribution in [3.05, 3.63) is 84.2 Å². The summed E-state index contributed by atoms with van der Waals surface area (Å²) in [7, 11) is 1.60. The molecule has 0 fully saturated rings. The van der Waals surface area contributed by atoms with Crippen molar-refractivity contribution in [2.45, 2.75) is 26.2 Å². The van der Waals surface area contributed by atoms with Crippen LogP contribution in [-0.2, 0) is 4.79 Å². The lowest BCUT2D eigenvalue weighted by atomic mass is 9.95. The molecule has 1 amide bonds. The lowest BCUT2D eigenvalue weighted by molar-refractivity contribution is -0.117. The van der Waals surface area contributed by atoms with E-state index in [-0.39, 0.29) is 11.8 Å². The van der Waals surface area contributed by atoms with Gasteiger partial charge in [0.1, 0.15) is 11.4 Å². The largest absolute Gasteiger partial charge is 0.495 e. The average Bonchev–Trinajstić information content (AvgIpc) is 3.18. The molecular weight excluding hydrogens is 374 g/mol. The smallest absolute Gasteiger partial charge is 0.232 e. The highest BCUT2D eigenvalue weighted by Crippen LogP contribution is 2.32. The summed E-state index contributed by atoms with van der Waals surface area (Å²) in [5.41, 5.74) is 5.45. The number of benzene rings is 2. The van der Waals surface area contributed by atoms with Gasteiger partial charge in [-0.2, -0.15) is 0 Å². The molecule has 2 heterocycles. The fourth-order valence-corrected chi connectivity index (χ4v) is 3.67. The normalized spacial score (nSPS) is 12.0. The van der Waals surface area contributed by atoms with Crippen LogP contribution in [0.15, 0.2) is 73.1 Å². The molecule has 1 atom stereocenters. The Bertz CT molecular complexity index is 1180. The van der Waals surface area contributed by atoms with Gasteiger partial charge in [-0.3, -0.25) is 4.79 Å². The second-order valence-electron chi connectivity index (χ2n) is 7.37. The first kappa shape index (κ1) is 19.7. The van der Waals surface area contributed by atoms with Crippen molar-refractivity contribution in [3.8, 4) is 17.0 Å². The van der Waals surface area contributed by atoms with Crippen molar-refractivity contribution in [3.63, 3.8) is 0 Å². The number of rotatable bonds is 6. The summed E-state index contributed by atoms with van der Waals surface area (Å²) >= 11 is 0. The maximum atomic E-state index is 13.1. The first-order valence-electron chi connectivity index (χ1n) is 10.1. The summed E-state index contributed by atoms with van der Waals surface area (Å²) in [4.78, 5) is 17.8. The van der Waals surface area contributed by atoms with E-state index in [0.717, 1.165) is 28.0 Å².